The molecule has 5 rings (SSSR count). The van der Waals surface area contributed by atoms with Crippen molar-refractivity contribution in [3.8, 4) is 0 Å². The molecular weight excluding hydrogens is 614 g/mol. The van der Waals surface area contributed by atoms with E-state index in [1.165, 1.54) is 95.5 Å². The second kappa shape index (κ2) is 18.8. The molecule has 48 heavy (non-hydrogen) atoms. The Hall–Kier alpha value is -3.56. The largest absolute Gasteiger partial charge is 0.112 e. The van der Waals surface area contributed by atoms with Gasteiger partial charge in [0, 0.05) is 0 Å². The standard InChI is InChI=1S/C46H54P2/c1-3-28-41(4-2)47(42-29-16-11-17-30-42,43-31-18-12-19-32-43)39-26-9-7-5-6-8-10-27-40-48(44-33-20-13-21-34-44,45-35-22-14-23-36-45)46-37-24-15-25-38-46/h3-4,11-25,28-38H,5-10,26-27,39-40H2,1-2H3/q+2/b28-3-,41-4+. The average molecular weight is 669 g/mol. The first-order valence-electron chi connectivity index (χ1n) is 18.1. The number of unbranched alkanes of at least 4 members (excludes halogenated alkanes) is 7. The van der Waals surface area contributed by atoms with Crippen LogP contribution in [0, 0.1) is 0 Å². The van der Waals surface area contributed by atoms with Crippen LogP contribution in [0.4, 0.5) is 0 Å². The van der Waals surface area contributed by atoms with Crippen LogP contribution < -0.4 is 26.5 Å². The summed E-state index contributed by atoms with van der Waals surface area (Å²) in [6.45, 7) is 4.38. The Kier molecular flexibility index (Phi) is 14.0. The highest BCUT2D eigenvalue weighted by atomic mass is 31.2. The molecule has 0 saturated heterocycles. The van der Waals surface area contributed by atoms with Crippen molar-refractivity contribution in [3.63, 3.8) is 0 Å². The topological polar surface area (TPSA) is 0 Å². The number of hydrogen-bond acceptors (Lipinski definition) is 0. The van der Waals surface area contributed by atoms with Crippen molar-refractivity contribution in [1.29, 1.82) is 0 Å². The van der Waals surface area contributed by atoms with E-state index in [0.717, 1.165) is 0 Å². The molecule has 0 amide bonds. The predicted octanol–water partition coefficient (Wildman–Crippen LogP) is 11.2. The van der Waals surface area contributed by atoms with E-state index in [0.29, 0.717) is 0 Å². The molecule has 0 aromatic heterocycles. The van der Waals surface area contributed by atoms with Crippen LogP contribution in [0.15, 0.2) is 175 Å². The second-order valence-electron chi connectivity index (χ2n) is 12.8. The van der Waals surface area contributed by atoms with Crippen molar-refractivity contribution < 1.29 is 0 Å². The Morgan fingerprint density at radius 2 is 0.708 bits per heavy atom. The lowest BCUT2D eigenvalue weighted by Crippen LogP contribution is -2.33. The van der Waals surface area contributed by atoms with Gasteiger partial charge in [0.05, 0.1) is 17.6 Å². The third-order valence-corrected chi connectivity index (χ3v) is 19.0. The summed E-state index contributed by atoms with van der Waals surface area (Å²) < 4.78 is 0. The van der Waals surface area contributed by atoms with E-state index in [-0.39, 0.29) is 0 Å². The molecule has 5 aromatic carbocycles. The first-order valence-corrected chi connectivity index (χ1v) is 22.0. The monoisotopic (exact) mass is 668 g/mol. The molecule has 0 bridgehead atoms. The van der Waals surface area contributed by atoms with Crippen LogP contribution in [0.1, 0.15) is 65.2 Å². The zero-order valence-corrected chi connectivity index (χ0v) is 30.9. The fourth-order valence-electron chi connectivity index (χ4n) is 7.45. The van der Waals surface area contributed by atoms with Crippen LogP contribution in [0.2, 0.25) is 0 Å². The van der Waals surface area contributed by atoms with Gasteiger partial charge in [0.25, 0.3) is 0 Å². The van der Waals surface area contributed by atoms with Crippen LogP contribution in [0.3, 0.4) is 0 Å². The number of allylic oxidation sites excluding steroid dienone is 4. The van der Waals surface area contributed by atoms with E-state index in [1.807, 2.05) is 0 Å². The molecule has 0 radical (unpaired) electrons. The first-order chi connectivity index (χ1) is 23.8. The van der Waals surface area contributed by atoms with E-state index in [4.69, 9.17) is 0 Å². The summed E-state index contributed by atoms with van der Waals surface area (Å²) in [5, 5.41) is 9.02. The van der Waals surface area contributed by atoms with Crippen LogP contribution in [-0.4, -0.2) is 12.3 Å². The molecular formula is C46H54P2+2. The van der Waals surface area contributed by atoms with Gasteiger partial charge in [-0.1, -0.05) is 123 Å². The summed E-state index contributed by atoms with van der Waals surface area (Å²) >= 11 is 0. The highest BCUT2D eigenvalue weighted by molar-refractivity contribution is 7.95. The van der Waals surface area contributed by atoms with Crippen molar-refractivity contribution in [2.24, 2.45) is 0 Å². The van der Waals surface area contributed by atoms with Crippen molar-refractivity contribution in [1.82, 2.24) is 0 Å². The van der Waals surface area contributed by atoms with Crippen LogP contribution in [0.25, 0.3) is 0 Å². The van der Waals surface area contributed by atoms with E-state index >= 15 is 0 Å². The number of hydrogen-bond donors (Lipinski definition) is 0. The van der Waals surface area contributed by atoms with Gasteiger partial charge < -0.3 is 0 Å². The van der Waals surface area contributed by atoms with Gasteiger partial charge in [0.15, 0.2) is 0 Å². The molecule has 0 N–H and O–H groups in total. The van der Waals surface area contributed by atoms with Crippen molar-refractivity contribution in [2.75, 3.05) is 12.3 Å². The molecule has 2 heteroatoms. The Morgan fingerprint density at radius 1 is 0.396 bits per heavy atom. The minimum Gasteiger partial charge on any atom is -0.0837 e. The average Bonchev–Trinajstić information content (AvgIpc) is 3.17. The highest BCUT2D eigenvalue weighted by Crippen LogP contribution is 2.64. The van der Waals surface area contributed by atoms with E-state index in [1.54, 1.807) is 0 Å². The highest BCUT2D eigenvalue weighted by Gasteiger charge is 2.46. The fraction of sp³-hybridized carbons (Fsp3) is 0.261. The molecule has 0 nitrogen and oxygen atoms in total. The van der Waals surface area contributed by atoms with Gasteiger partial charge in [0.1, 0.15) is 41.0 Å². The Labute approximate surface area is 292 Å². The van der Waals surface area contributed by atoms with Gasteiger partial charge in [-0.15, -0.1) is 0 Å². The molecule has 246 valence electrons. The quantitative estimate of drug-likeness (QED) is 0.0495. The SMILES string of the molecule is C/C=C\C(=C/C)[P+](CCCCCCCCCC[P+](c1ccccc1)(c1ccccc1)c1ccccc1)(c1ccccc1)c1ccccc1. The Bertz CT molecular complexity index is 1520. The van der Waals surface area contributed by atoms with Crippen LogP contribution >= 0.6 is 14.5 Å². The summed E-state index contributed by atoms with van der Waals surface area (Å²) in [7, 11) is -3.43. The molecule has 0 aliphatic carbocycles. The summed E-state index contributed by atoms with van der Waals surface area (Å²) in [4.78, 5) is 0. The van der Waals surface area contributed by atoms with Gasteiger partial charge in [-0.25, -0.2) is 0 Å². The van der Waals surface area contributed by atoms with E-state index in [2.05, 4.69) is 184 Å². The number of benzene rings is 5. The predicted molar refractivity (Wildman–Crippen MR) is 219 cm³/mol. The molecule has 0 unspecified atom stereocenters. The molecule has 0 aliphatic heterocycles. The summed E-state index contributed by atoms with van der Waals surface area (Å²) in [6.07, 6.45) is 19.9. The zero-order chi connectivity index (χ0) is 33.3. The molecule has 0 aliphatic rings. The van der Waals surface area contributed by atoms with Gasteiger partial charge >= 0.3 is 0 Å². The Morgan fingerprint density at radius 3 is 1.04 bits per heavy atom. The third-order valence-electron chi connectivity index (χ3n) is 9.80. The van der Waals surface area contributed by atoms with Gasteiger partial charge in [-0.05, 0) is 112 Å². The Balaban J connectivity index is 1.18. The van der Waals surface area contributed by atoms with Crippen molar-refractivity contribution in [2.45, 2.75) is 65.2 Å². The maximum absolute atomic E-state index is 2.37. The lowest BCUT2D eigenvalue weighted by Gasteiger charge is -2.28. The summed E-state index contributed by atoms with van der Waals surface area (Å²) in [6, 6.07) is 56.7. The summed E-state index contributed by atoms with van der Waals surface area (Å²) in [5.41, 5.74) is 0. The zero-order valence-electron chi connectivity index (χ0n) is 29.1. The smallest absolute Gasteiger partial charge is 0.0837 e. The van der Waals surface area contributed by atoms with Gasteiger partial charge in [-0.3, -0.25) is 0 Å². The molecule has 5 aromatic rings. The minimum absolute atomic E-state index is 1.23. The second-order valence-corrected chi connectivity index (χ2v) is 20.0. The lowest BCUT2D eigenvalue weighted by atomic mass is 10.1. The fourth-order valence-corrected chi connectivity index (χ4v) is 16.4. The molecule has 0 spiro atoms. The molecule has 0 heterocycles. The molecule has 0 saturated carbocycles. The normalized spacial score (nSPS) is 12.4. The maximum atomic E-state index is 2.37. The van der Waals surface area contributed by atoms with Gasteiger partial charge in [0.2, 0.25) is 0 Å². The van der Waals surface area contributed by atoms with Crippen molar-refractivity contribution >= 4 is 41.0 Å². The summed E-state index contributed by atoms with van der Waals surface area (Å²) in [5.74, 6) is 0. The maximum Gasteiger partial charge on any atom is 0.112 e. The van der Waals surface area contributed by atoms with Crippen molar-refractivity contribution in [3.05, 3.63) is 175 Å². The molecule has 0 fully saturated rings. The molecule has 0 atom stereocenters. The third kappa shape index (κ3) is 8.53. The van der Waals surface area contributed by atoms with Crippen LogP contribution in [-0.2, 0) is 0 Å². The first kappa shape index (κ1) is 35.7. The lowest BCUT2D eigenvalue weighted by molar-refractivity contribution is 0.587. The van der Waals surface area contributed by atoms with Crippen LogP contribution in [0.5, 0.6) is 0 Å². The number of rotatable bonds is 18. The van der Waals surface area contributed by atoms with E-state index < -0.39 is 14.5 Å². The van der Waals surface area contributed by atoms with Gasteiger partial charge in [-0.2, -0.15) is 0 Å². The van der Waals surface area contributed by atoms with E-state index in [9.17, 15) is 0 Å². The minimum atomic E-state index is -1.71.